The Labute approximate surface area is 97.5 Å². The zero-order valence-electron chi connectivity index (χ0n) is 10.6. The summed E-state index contributed by atoms with van der Waals surface area (Å²) in [5.74, 6) is 1.67. The van der Waals surface area contributed by atoms with E-state index in [-0.39, 0.29) is 6.10 Å². The summed E-state index contributed by atoms with van der Waals surface area (Å²) in [5, 5.41) is 3.22. The van der Waals surface area contributed by atoms with Gasteiger partial charge in [-0.15, -0.1) is 0 Å². The van der Waals surface area contributed by atoms with Gasteiger partial charge in [0.1, 0.15) is 11.9 Å². The van der Waals surface area contributed by atoms with Gasteiger partial charge in [-0.25, -0.2) is 9.97 Å². The molecular formula is C12H21N3O. The maximum Gasteiger partial charge on any atom is 0.159 e. The summed E-state index contributed by atoms with van der Waals surface area (Å²) in [7, 11) is 1.70. The standard InChI is InChI=1S/C12H21N3O/c1-5-9-8-11(13-7-3)15-12(14-9)10(6-2)16-4/h8,10H,5-7H2,1-4H3,(H,13,14,15). The molecule has 4 heteroatoms. The maximum atomic E-state index is 5.37. The maximum absolute atomic E-state index is 5.37. The third kappa shape index (κ3) is 3.17. The van der Waals surface area contributed by atoms with E-state index in [2.05, 4.69) is 36.1 Å². The molecule has 0 saturated heterocycles. The van der Waals surface area contributed by atoms with Crippen molar-refractivity contribution in [3.05, 3.63) is 17.6 Å². The minimum absolute atomic E-state index is 0.0103. The summed E-state index contributed by atoms with van der Waals surface area (Å²) in [6, 6.07) is 2.00. The molecule has 0 aromatic carbocycles. The largest absolute Gasteiger partial charge is 0.373 e. The van der Waals surface area contributed by atoms with E-state index in [4.69, 9.17) is 4.74 Å². The first-order valence-electron chi connectivity index (χ1n) is 5.89. The van der Waals surface area contributed by atoms with Crippen LogP contribution in [0, 0.1) is 0 Å². The van der Waals surface area contributed by atoms with Crippen molar-refractivity contribution < 1.29 is 4.74 Å². The average molecular weight is 223 g/mol. The van der Waals surface area contributed by atoms with Crippen molar-refractivity contribution in [2.45, 2.75) is 39.7 Å². The first-order chi connectivity index (χ1) is 7.74. The van der Waals surface area contributed by atoms with Crippen LogP contribution in [-0.4, -0.2) is 23.6 Å². The second-order valence-corrected chi connectivity index (χ2v) is 3.62. The topological polar surface area (TPSA) is 47.0 Å². The Kier molecular flexibility index (Phi) is 5.19. The van der Waals surface area contributed by atoms with Crippen LogP contribution in [-0.2, 0) is 11.2 Å². The second-order valence-electron chi connectivity index (χ2n) is 3.62. The first kappa shape index (κ1) is 12.9. The summed E-state index contributed by atoms with van der Waals surface area (Å²) < 4.78 is 5.37. The van der Waals surface area contributed by atoms with Crippen molar-refractivity contribution >= 4 is 5.82 Å². The molecule has 0 spiro atoms. The molecule has 0 aliphatic heterocycles. The SMILES string of the molecule is CCNc1cc(CC)nc(C(CC)OC)n1. The molecule has 0 aliphatic rings. The molecule has 1 N–H and O–H groups in total. The van der Waals surface area contributed by atoms with Crippen molar-refractivity contribution in [3.63, 3.8) is 0 Å². The number of hydrogen-bond donors (Lipinski definition) is 1. The number of nitrogens with one attached hydrogen (secondary N) is 1. The van der Waals surface area contributed by atoms with E-state index in [1.165, 1.54) is 0 Å². The van der Waals surface area contributed by atoms with Crippen LogP contribution in [0.25, 0.3) is 0 Å². The number of aryl methyl sites for hydroxylation is 1. The van der Waals surface area contributed by atoms with Crippen LogP contribution in [0.5, 0.6) is 0 Å². The average Bonchev–Trinajstić information content (AvgIpc) is 2.31. The molecule has 0 aliphatic carbocycles. The number of methoxy groups -OCH3 is 1. The fourth-order valence-electron chi connectivity index (χ4n) is 1.57. The van der Waals surface area contributed by atoms with Gasteiger partial charge in [0.2, 0.25) is 0 Å². The van der Waals surface area contributed by atoms with E-state index >= 15 is 0 Å². The molecule has 1 heterocycles. The molecule has 4 nitrogen and oxygen atoms in total. The van der Waals surface area contributed by atoms with Gasteiger partial charge in [0.25, 0.3) is 0 Å². The lowest BCUT2D eigenvalue weighted by atomic mass is 10.2. The first-order valence-corrected chi connectivity index (χ1v) is 5.89. The third-order valence-electron chi connectivity index (χ3n) is 2.46. The van der Waals surface area contributed by atoms with Crippen molar-refractivity contribution in [1.29, 1.82) is 0 Å². The highest BCUT2D eigenvalue weighted by molar-refractivity contribution is 5.36. The van der Waals surface area contributed by atoms with Gasteiger partial charge >= 0.3 is 0 Å². The third-order valence-corrected chi connectivity index (χ3v) is 2.46. The predicted molar refractivity (Wildman–Crippen MR) is 65.6 cm³/mol. The van der Waals surface area contributed by atoms with Crippen LogP contribution in [0.4, 0.5) is 5.82 Å². The normalized spacial score (nSPS) is 12.5. The fourth-order valence-corrected chi connectivity index (χ4v) is 1.57. The lowest BCUT2D eigenvalue weighted by Crippen LogP contribution is -2.10. The van der Waals surface area contributed by atoms with Crippen molar-refractivity contribution in [3.8, 4) is 0 Å². The lowest BCUT2D eigenvalue weighted by Gasteiger charge is -2.14. The molecule has 0 amide bonds. The Bertz CT molecular complexity index is 324. The van der Waals surface area contributed by atoms with Gasteiger partial charge in [-0.1, -0.05) is 13.8 Å². The minimum atomic E-state index is -0.0103. The molecule has 0 radical (unpaired) electrons. The summed E-state index contributed by atoms with van der Waals surface area (Å²) in [4.78, 5) is 8.97. The predicted octanol–water partition coefficient (Wildman–Crippen LogP) is 2.57. The molecule has 1 atom stereocenters. The molecule has 0 saturated carbocycles. The van der Waals surface area contributed by atoms with Gasteiger partial charge in [-0.2, -0.15) is 0 Å². The summed E-state index contributed by atoms with van der Waals surface area (Å²) >= 11 is 0. The minimum Gasteiger partial charge on any atom is -0.373 e. The van der Waals surface area contributed by atoms with Crippen LogP contribution in [0.15, 0.2) is 6.07 Å². The van der Waals surface area contributed by atoms with Gasteiger partial charge < -0.3 is 10.1 Å². The van der Waals surface area contributed by atoms with Crippen LogP contribution in [0.3, 0.4) is 0 Å². The summed E-state index contributed by atoms with van der Waals surface area (Å²) in [6.45, 7) is 7.09. The van der Waals surface area contributed by atoms with Gasteiger partial charge in [-0.05, 0) is 19.8 Å². The summed E-state index contributed by atoms with van der Waals surface area (Å²) in [5.41, 5.74) is 1.05. The Morgan fingerprint density at radius 3 is 2.56 bits per heavy atom. The smallest absolute Gasteiger partial charge is 0.159 e. The van der Waals surface area contributed by atoms with Gasteiger partial charge in [-0.3, -0.25) is 0 Å². The van der Waals surface area contributed by atoms with E-state index in [0.29, 0.717) is 0 Å². The van der Waals surface area contributed by atoms with Crippen LogP contribution >= 0.6 is 0 Å². The lowest BCUT2D eigenvalue weighted by molar-refractivity contribution is 0.0925. The molecule has 1 unspecified atom stereocenters. The van der Waals surface area contributed by atoms with E-state index in [1.807, 2.05) is 6.07 Å². The molecular weight excluding hydrogens is 202 g/mol. The highest BCUT2D eigenvalue weighted by Crippen LogP contribution is 2.18. The molecule has 0 fully saturated rings. The number of rotatable bonds is 6. The Morgan fingerprint density at radius 2 is 2.06 bits per heavy atom. The highest BCUT2D eigenvalue weighted by atomic mass is 16.5. The number of anilines is 1. The Hall–Kier alpha value is -1.16. The van der Waals surface area contributed by atoms with Crippen molar-refractivity contribution in [2.75, 3.05) is 19.0 Å². The van der Waals surface area contributed by atoms with Crippen molar-refractivity contribution in [1.82, 2.24) is 9.97 Å². The molecule has 0 bridgehead atoms. The second kappa shape index (κ2) is 6.43. The number of nitrogens with zero attached hydrogens (tertiary/aromatic N) is 2. The molecule has 1 aromatic heterocycles. The van der Waals surface area contributed by atoms with Gasteiger partial charge in [0.15, 0.2) is 5.82 Å². The van der Waals surface area contributed by atoms with Gasteiger partial charge in [0.05, 0.1) is 0 Å². The Balaban J connectivity index is 3.02. The number of aromatic nitrogens is 2. The molecule has 90 valence electrons. The van der Waals surface area contributed by atoms with E-state index in [1.54, 1.807) is 7.11 Å². The number of ether oxygens (including phenoxy) is 1. The Morgan fingerprint density at radius 1 is 1.31 bits per heavy atom. The van der Waals surface area contributed by atoms with Gasteiger partial charge in [0, 0.05) is 25.4 Å². The van der Waals surface area contributed by atoms with Crippen LogP contribution in [0.1, 0.15) is 44.8 Å². The monoisotopic (exact) mass is 223 g/mol. The summed E-state index contributed by atoms with van der Waals surface area (Å²) in [6.07, 6.45) is 1.78. The van der Waals surface area contributed by atoms with Crippen LogP contribution in [0.2, 0.25) is 0 Å². The zero-order chi connectivity index (χ0) is 12.0. The quantitative estimate of drug-likeness (QED) is 0.805. The highest BCUT2D eigenvalue weighted by Gasteiger charge is 2.13. The zero-order valence-corrected chi connectivity index (χ0v) is 10.6. The molecule has 16 heavy (non-hydrogen) atoms. The van der Waals surface area contributed by atoms with E-state index in [9.17, 15) is 0 Å². The van der Waals surface area contributed by atoms with Crippen LogP contribution < -0.4 is 5.32 Å². The van der Waals surface area contributed by atoms with Crippen molar-refractivity contribution in [2.24, 2.45) is 0 Å². The van der Waals surface area contributed by atoms with E-state index < -0.39 is 0 Å². The molecule has 1 rings (SSSR count). The molecule has 1 aromatic rings. The number of hydrogen-bond acceptors (Lipinski definition) is 4. The van der Waals surface area contributed by atoms with E-state index in [0.717, 1.165) is 36.7 Å². The fraction of sp³-hybridized carbons (Fsp3) is 0.667.